The van der Waals surface area contributed by atoms with Gasteiger partial charge in [0, 0.05) is 41.4 Å². The third-order valence-electron chi connectivity index (χ3n) is 8.76. The topological polar surface area (TPSA) is 79.8 Å². The molecule has 0 aliphatic carbocycles. The number of aliphatic imine (C=N–C) groups is 1. The summed E-state index contributed by atoms with van der Waals surface area (Å²) in [6.07, 6.45) is 2.99. The molecule has 5 heterocycles. The smallest absolute Gasteiger partial charge is 0.216 e. The number of nitrogens with zero attached hydrogens (tertiary/aromatic N) is 1. The molecule has 43 heavy (non-hydrogen) atoms. The molecule has 7 bridgehead atoms. The van der Waals surface area contributed by atoms with E-state index in [2.05, 4.69) is 35.6 Å². The average Bonchev–Trinajstić information content (AvgIpc) is 3.03. The second-order valence-corrected chi connectivity index (χ2v) is 11.2. The highest BCUT2D eigenvalue weighted by Gasteiger charge is 2.37. The predicted molar refractivity (Wildman–Crippen MR) is 163 cm³/mol. The van der Waals surface area contributed by atoms with Gasteiger partial charge in [-0.2, -0.15) is 0 Å². The first-order valence-electron chi connectivity index (χ1n) is 14.7. The van der Waals surface area contributed by atoms with Gasteiger partial charge < -0.3 is 33.7 Å². The molecule has 218 valence electrons. The van der Waals surface area contributed by atoms with Crippen LogP contribution in [0.3, 0.4) is 0 Å². The number of hydrogen-bond acceptors (Lipinski definition) is 8. The fourth-order valence-electron chi connectivity index (χ4n) is 6.75. The zero-order valence-corrected chi connectivity index (χ0v) is 24.4. The Labute approximate surface area is 250 Å². The van der Waals surface area contributed by atoms with Crippen LogP contribution in [-0.4, -0.2) is 40.1 Å². The third kappa shape index (κ3) is 4.28. The van der Waals surface area contributed by atoms with E-state index in [0.29, 0.717) is 59.0 Å². The summed E-state index contributed by atoms with van der Waals surface area (Å²) in [5.74, 6) is 5.92. The number of methoxy groups -OCH3 is 3. The van der Waals surface area contributed by atoms with Crippen LogP contribution in [0.25, 0.3) is 0 Å². The Hall–Kier alpha value is -4.69. The van der Waals surface area contributed by atoms with Crippen LogP contribution in [0.15, 0.2) is 59.6 Å². The van der Waals surface area contributed by atoms with Crippen molar-refractivity contribution in [3.63, 3.8) is 0 Å². The first-order valence-corrected chi connectivity index (χ1v) is 14.7. The minimum absolute atomic E-state index is 0.0281. The zero-order valence-electron chi connectivity index (χ0n) is 24.4. The summed E-state index contributed by atoms with van der Waals surface area (Å²) < 4.78 is 37.3. The molecule has 0 amide bonds. The van der Waals surface area contributed by atoms with E-state index in [1.54, 1.807) is 21.3 Å². The minimum Gasteiger partial charge on any atom is -0.493 e. The number of rotatable bonds is 3. The number of ether oxygens (including phenoxy) is 6. The Bertz CT molecular complexity index is 1800. The molecular weight excluding hydrogens is 544 g/mol. The van der Waals surface area contributed by atoms with Gasteiger partial charge in [0.05, 0.1) is 21.3 Å². The highest BCUT2D eigenvalue weighted by atomic mass is 16.6. The molecule has 8 heteroatoms. The highest BCUT2D eigenvalue weighted by Crippen LogP contribution is 2.59. The SMILES string of the molecule is COc1ccc2cc1Oc1ccc(cc1)C[C@@H]1NCCc3c(OC)c(OC)c4c(c31)Oc1cc3c(cc1O4)CCN=C3C2. The normalized spacial score (nSPS) is 17.5. The lowest BCUT2D eigenvalue weighted by atomic mass is 9.87. The molecule has 0 saturated heterocycles. The van der Waals surface area contributed by atoms with Gasteiger partial charge in [0.25, 0.3) is 0 Å². The van der Waals surface area contributed by atoms with Crippen LogP contribution in [0.2, 0.25) is 0 Å². The molecule has 1 atom stereocenters. The van der Waals surface area contributed by atoms with E-state index in [1.807, 2.05) is 24.3 Å². The van der Waals surface area contributed by atoms with Crippen LogP contribution in [0.5, 0.6) is 51.7 Å². The second-order valence-electron chi connectivity index (χ2n) is 11.2. The van der Waals surface area contributed by atoms with Gasteiger partial charge in [0.1, 0.15) is 5.75 Å². The van der Waals surface area contributed by atoms with Gasteiger partial charge in [-0.3, -0.25) is 4.99 Å². The van der Waals surface area contributed by atoms with Crippen molar-refractivity contribution in [3.8, 4) is 51.7 Å². The molecule has 8 nitrogen and oxygen atoms in total. The standard InChI is InChI=1S/C35H32N2O6/c1-38-27-9-6-20-15-25-24-18-30-29(17-21(24)10-12-36-25)43-35-33(42-30)31-23(32(39-2)34(35)40-3)11-13-37-26(31)14-19-4-7-22(8-5-19)41-28(27)16-20/h4-9,16-18,26,37H,10-15H2,1-3H3/t26-/m0/s1. The Morgan fingerprint density at radius 2 is 1.56 bits per heavy atom. The fraction of sp³-hybridized carbons (Fsp3) is 0.286. The summed E-state index contributed by atoms with van der Waals surface area (Å²) in [6, 6.07) is 18.4. The maximum atomic E-state index is 6.82. The highest BCUT2D eigenvalue weighted by molar-refractivity contribution is 6.04. The molecule has 0 radical (unpaired) electrons. The first-order chi connectivity index (χ1) is 21.1. The van der Waals surface area contributed by atoms with Crippen molar-refractivity contribution in [1.29, 1.82) is 0 Å². The van der Waals surface area contributed by atoms with Crippen molar-refractivity contribution < 1.29 is 28.4 Å². The van der Waals surface area contributed by atoms with Gasteiger partial charge in [-0.15, -0.1) is 0 Å². The molecule has 5 aliphatic rings. The lowest BCUT2D eigenvalue weighted by molar-refractivity contribution is 0.298. The van der Waals surface area contributed by atoms with Crippen LogP contribution in [0.4, 0.5) is 0 Å². The summed E-state index contributed by atoms with van der Waals surface area (Å²) >= 11 is 0. The van der Waals surface area contributed by atoms with E-state index in [-0.39, 0.29) is 6.04 Å². The Morgan fingerprint density at radius 1 is 0.767 bits per heavy atom. The molecular formula is C35H32N2O6. The van der Waals surface area contributed by atoms with E-state index in [1.165, 1.54) is 5.56 Å². The lowest BCUT2D eigenvalue weighted by Gasteiger charge is -2.34. The van der Waals surface area contributed by atoms with Crippen LogP contribution in [-0.2, 0) is 25.7 Å². The molecule has 9 rings (SSSR count). The van der Waals surface area contributed by atoms with Crippen LogP contribution < -0.4 is 33.7 Å². The second kappa shape index (κ2) is 10.2. The molecule has 1 N–H and O–H groups in total. The summed E-state index contributed by atoms with van der Waals surface area (Å²) in [4.78, 5) is 4.96. The first kappa shape index (κ1) is 26.0. The maximum absolute atomic E-state index is 6.82. The summed E-state index contributed by atoms with van der Waals surface area (Å²) in [5.41, 5.74) is 7.63. The van der Waals surface area contributed by atoms with Crippen LogP contribution in [0, 0.1) is 0 Å². The Kier molecular flexibility index (Phi) is 6.19. The molecule has 5 aliphatic heterocycles. The van der Waals surface area contributed by atoms with Crippen LogP contribution >= 0.6 is 0 Å². The Morgan fingerprint density at radius 3 is 2.37 bits per heavy atom. The fourth-order valence-corrected chi connectivity index (χ4v) is 6.75. The van der Waals surface area contributed by atoms with E-state index >= 15 is 0 Å². The van der Waals surface area contributed by atoms with Gasteiger partial charge >= 0.3 is 0 Å². The lowest BCUT2D eigenvalue weighted by Crippen LogP contribution is -2.32. The molecule has 4 aromatic rings. The third-order valence-corrected chi connectivity index (χ3v) is 8.76. The van der Waals surface area contributed by atoms with Crippen LogP contribution in [0.1, 0.15) is 39.4 Å². The number of benzene rings is 4. The molecule has 0 saturated carbocycles. The molecule has 0 fully saturated rings. The largest absolute Gasteiger partial charge is 0.493 e. The van der Waals surface area contributed by atoms with Crippen molar-refractivity contribution in [2.45, 2.75) is 31.7 Å². The van der Waals surface area contributed by atoms with Gasteiger partial charge in [-0.25, -0.2) is 0 Å². The zero-order chi connectivity index (χ0) is 29.1. The predicted octanol–water partition coefficient (Wildman–Crippen LogP) is 6.73. The van der Waals surface area contributed by atoms with Crippen molar-refractivity contribution >= 4 is 5.71 Å². The van der Waals surface area contributed by atoms with Crippen molar-refractivity contribution in [2.75, 3.05) is 34.4 Å². The number of nitrogens with one attached hydrogen (secondary N) is 1. The number of hydrogen-bond donors (Lipinski definition) is 1. The van der Waals surface area contributed by atoms with Crippen molar-refractivity contribution in [3.05, 3.63) is 88.0 Å². The van der Waals surface area contributed by atoms with E-state index in [0.717, 1.165) is 65.1 Å². The number of fused-ring (bicyclic) bond motifs is 2. The quantitative estimate of drug-likeness (QED) is 0.255. The summed E-state index contributed by atoms with van der Waals surface area (Å²) in [7, 11) is 4.99. The summed E-state index contributed by atoms with van der Waals surface area (Å²) in [5, 5.41) is 3.72. The van der Waals surface area contributed by atoms with Gasteiger partial charge in [-0.05, 0) is 78.9 Å². The van der Waals surface area contributed by atoms with E-state index in [9.17, 15) is 0 Å². The molecule has 0 unspecified atom stereocenters. The average molecular weight is 577 g/mol. The van der Waals surface area contributed by atoms with Gasteiger partial charge in [0.15, 0.2) is 34.5 Å². The van der Waals surface area contributed by atoms with Crippen molar-refractivity contribution in [2.24, 2.45) is 4.99 Å². The van der Waals surface area contributed by atoms with Gasteiger partial charge in [0.2, 0.25) is 11.5 Å². The van der Waals surface area contributed by atoms with Gasteiger partial charge in [-0.1, -0.05) is 18.2 Å². The maximum Gasteiger partial charge on any atom is 0.216 e. The molecule has 0 spiro atoms. The molecule has 0 aromatic heterocycles. The summed E-state index contributed by atoms with van der Waals surface area (Å²) in [6.45, 7) is 1.51. The monoisotopic (exact) mass is 576 g/mol. The van der Waals surface area contributed by atoms with E-state index in [4.69, 9.17) is 33.4 Å². The van der Waals surface area contributed by atoms with Crippen molar-refractivity contribution in [1.82, 2.24) is 5.32 Å². The Balaban J connectivity index is 1.34. The minimum atomic E-state index is -0.0281. The van der Waals surface area contributed by atoms with E-state index < -0.39 is 0 Å². The molecule has 4 aromatic carbocycles.